The third-order valence-corrected chi connectivity index (χ3v) is 3.54. The Hall–Kier alpha value is -0.820. The number of halogens is 3. The van der Waals surface area contributed by atoms with Crippen LogP contribution < -0.4 is 11.1 Å². The molecule has 4 nitrogen and oxygen atoms in total. The molecular formula is C13H23F3N2O2. The van der Waals surface area contributed by atoms with Crippen LogP contribution in [0.2, 0.25) is 0 Å². The van der Waals surface area contributed by atoms with Crippen LogP contribution in [0.1, 0.15) is 46.0 Å². The Bertz CT molecular complexity index is 332. The standard InChI is InChI=1S/C13H23F3N2O2/c1-9(13(14,15)16)20-8-4-3-7-12(2,11(17)19)18-10-5-6-10/h9-10,18H,3-8H2,1-2H3,(H2,17,19). The van der Waals surface area contributed by atoms with Crippen LogP contribution in [-0.4, -0.2) is 36.4 Å². The first-order valence-corrected chi connectivity index (χ1v) is 6.91. The molecule has 1 amide bonds. The third kappa shape index (κ3) is 5.66. The summed E-state index contributed by atoms with van der Waals surface area (Å²) in [6, 6.07) is 0.342. The first kappa shape index (κ1) is 17.2. The van der Waals surface area contributed by atoms with Crippen LogP contribution in [0.5, 0.6) is 0 Å². The van der Waals surface area contributed by atoms with Crippen LogP contribution in [0.3, 0.4) is 0 Å². The van der Waals surface area contributed by atoms with E-state index in [1.807, 2.05) is 0 Å². The van der Waals surface area contributed by atoms with E-state index in [1.54, 1.807) is 6.92 Å². The number of unbranched alkanes of at least 4 members (excludes halogenated alkanes) is 1. The largest absolute Gasteiger partial charge is 0.414 e. The number of alkyl halides is 3. The SMILES string of the molecule is CC(OCCCCC(C)(NC1CC1)C(N)=O)C(F)(F)F. The van der Waals surface area contributed by atoms with Crippen LogP contribution in [0.4, 0.5) is 13.2 Å². The fourth-order valence-corrected chi connectivity index (χ4v) is 1.88. The number of hydrogen-bond acceptors (Lipinski definition) is 3. The van der Waals surface area contributed by atoms with Gasteiger partial charge in [0.1, 0.15) is 0 Å². The van der Waals surface area contributed by atoms with Crippen LogP contribution in [0.15, 0.2) is 0 Å². The van der Waals surface area contributed by atoms with Crippen molar-refractivity contribution in [2.75, 3.05) is 6.61 Å². The molecule has 0 aromatic carbocycles. The van der Waals surface area contributed by atoms with Gasteiger partial charge in [-0.2, -0.15) is 13.2 Å². The molecule has 2 atom stereocenters. The Morgan fingerprint density at radius 2 is 2.00 bits per heavy atom. The zero-order chi connectivity index (χ0) is 15.4. The lowest BCUT2D eigenvalue weighted by Crippen LogP contribution is -2.53. The van der Waals surface area contributed by atoms with Crippen molar-refractivity contribution in [3.8, 4) is 0 Å². The monoisotopic (exact) mass is 296 g/mol. The number of carbonyl (C=O) groups excluding carboxylic acids is 1. The Balaban J connectivity index is 2.22. The molecule has 0 saturated heterocycles. The van der Waals surface area contributed by atoms with Crippen molar-refractivity contribution < 1.29 is 22.7 Å². The van der Waals surface area contributed by atoms with E-state index in [1.165, 1.54) is 0 Å². The normalized spacial score (nSPS) is 20.4. The molecule has 0 spiro atoms. The molecule has 0 aliphatic heterocycles. The van der Waals surface area contributed by atoms with Gasteiger partial charge >= 0.3 is 6.18 Å². The van der Waals surface area contributed by atoms with Gasteiger partial charge in [0.2, 0.25) is 5.91 Å². The Morgan fingerprint density at radius 1 is 1.40 bits per heavy atom. The lowest BCUT2D eigenvalue weighted by atomic mass is 9.94. The molecule has 1 aliphatic carbocycles. The highest BCUT2D eigenvalue weighted by atomic mass is 19.4. The van der Waals surface area contributed by atoms with Crippen molar-refractivity contribution in [1.29, 1.82) is 0 Å². The van der Waals surface area contributed by atoms with Crippen LogP contribution in [0, 0.1) is 0 Å². The minimum atomic E-state index is -4.32. The number of nitrogens with one attached hydrogen (secondary N) is 1. The lowest BCUT2D eigenvalue weighted by molar-refractivity contribution is -0.214. The minimum absolute atomic E-state index is 0.0267. The molecule has 0 aromatic rings. The lowest BCUT2D eigenvalue weighted by Gasteiger charge is -2.27. The second-order valence-electron chi connectivity index (χ2n) is 5.63. The highest BCUT2D eigenvalue weighted by molar-refractivity contribution is 5.84. The number of carbonyl (C=O) groups is 1. The summed E-state index contributed by atoms with van der Waals surface area (Å²) in [5, 5.41) is 3.20. The molecule has 118 valence electrons. The van der Waals surface area contributed by atoms with Gasteiger partial charge in [-0.25, -0.2) is 0 Å². The molecule has 20 heavy (non-hydrogen) atoms. The van der Waals surface area contributed by atoms with Gasteiger partial charge in [-0.3, -0.25) is 4.79 Å². The number of nitrogens with two attached hydrogens (primary N) is 1. The number of hydrogen-bond donors (Lipinski definition) is 2. The molecule has 1 fully saturated rings. The van der Waals surface area contributed by atoms with Gasteiger partial charge in [-0.05, 0) is 46.0 Å². The molecular weight excluding hydrogens is 273 g/mol. The summed E-state index contributed by atoms with van der Waals surface area (Å²) in [6.45, 7) is 2.76. The first-order chi connectivity index (χ1) is 9.15. The van der Waals surface area contributed by atoms with Crippen molar-refractivity contribution in [3.05, 3.63) is 0 Å². The number of rotatable bonds is 9. The van der Waals surface area contributed by atoms with E-state index in [2.05, 4.69) is 5.32 Å². The van der Waals surface area contributed by atoms with Gasteiger partial charge in [-0.15, -0.1) is 0 Å². The minimum Gasteiger partial charge on any atom is -0.369 e. The topological polar surface area (TPSA) is 64.3 Å². The number of ether oxygens (including phenoxy) is 1. The Labute approximate surface area is 117 Å². The predicted molar refractivity (Wildman–Crippen MR) is 69.1 cm³/mol. The first-order valence-electron chi connectivity index (χ1n) is 6.91. The molecule has 0 bridgehead atoms. The van der Waals surface area contributed by atoms with E-state index < -0.39 is 23.7 Å². The number of primary amides is 1. The highest BCUT2D eigenvalue weighted by Crippen LogP contribution is 2.25. The van der Waals surface area contributed by atoms with Crippen molar-refractivity contribution >= 4 is 5.91 Å². The maximum atomic E-state index is 12.2. The molecule has 1 aliphatic rings. The molecule has 3 N–H and O–H groups in total. The van der Waals surface area contributed by atoms with Crippen molar-refractivity contribution in [2.45, 2.75) is 69.8 Å². The van der Waals surface area contributed by atoms with Gasteiger partial charge in [0.05, 0.1) is 5.54 Å². The van der Waals surface area contributed by atoms with Gasteiger partial charge in [0.25, 0.3) is 0 Å². The average Bonchev–Trinajstić information content (AvgIpc) is 3.10. The molecule has 0 heterocycles. The van der Waals surface area contributed by atoms with E-state index in [9.17, 15) is 18.0 Å². The predicted octanol–water partition coefficient (Wildman–Crippen LogP) is 2.12. The molecule has 0 radical (unpaired) electrons. The van der Waals surface area contributed by atoms with Crippen molar-refractivity contribution in [2.24, 2.45) is 5.73 Å². The quantitative estimate of drug-likeness (QED) is 0.641. The van der Waals surface area contributed by atoms with E-state index in [0.29, 0.717) is 25.3 Å². The van der Waals surface area contributed by atoms with Gasteiger partial charge < -0.3 is 15.8 Å². The van der Waals surface area contributed by atoms with Crippen LogP contribution >= 0.6 is 0 Å². The summed E-state index contributed by atoms with van der Waals surface area (Å²) in [4.78, 5) is 11.5. The zero-order valence-corrected chi connectivity index (χ0v) is 11.9. The second-order valence-corrected chi connectivity index (χ2v) is 5.63. The summed E-state index contributed by atoms with van der Waals surface area (Å²) < 4.78 is 41.3. The summed E-state index contributed by atoms with van der Waals surface area (Å²) in [7, 11) is 0. The summed E-state index contributed by atoms with van der Waals surface area (Å²) in [5.74, 6) is -0.422. The molecule has 0 aromatic heterocycles. The van der Waals surface area contributed by atoms with E-state index in [4.69, 9.17) is 10.5 Å². The Kier molecular flexibility index (Phi) is 5.82. The molecule has 1 rings (SSSR count). The van der Waals surface area contributed by atoms with Crippen LogP contribution in [-0.2, 0) is 9.53 Å². The van der Waals surface area contributed by atoms with Gasteiger partial charge in [0.15, 0.2) is 6.10 Å². The molecule has 1 saturated carbocycles. The third-order valence-electron chi connectivity index (χ3n) is 3.54. The molecule has 2 unspecified atom stereocenters. The zero-order valence-electron chi connectivity index (χ0n) is 11.9. The fourth-order valence-electron chi connectivity index (χ4n) is 1.88. The summed E-state index contributed by atoms with van der Waals surface area (Å²) >= 11 is 0. The van der Waals surface area contributed by atoms with E-state index in [0.717, 1.165) is 19.8 Å². The van der Waals surface area contributed by atoms with E-state index >= 15 is 0 Å². The average molecular weight is 296 g/mol. The molecule has 7 heteroatoms. The fraction of sp³-hybridized carbons (Fsp3) is 0.923. The number of amides is 1. The summed E-state index contributed by atoms with van der Waals surface area (Å²) in [5.41, 5.74) is 4.60. The smallest absolute Gasteiger partial charge is 0.369 e. The van der Waals surface area contributed by atoms with E-state index in [-0.39, 0.29) is 6.61 Å². The maximum absolute atomic E-state index is 12.2. The van der Waals surface area contributed by atoms with Crippen molar-refractivity contribution in [3.63, 3.8) is 0 Å². The van der Waals surface area contributed by atoms with Crippen LogP contribution in [0.25, 0.3) is 0 Å². The Morgan fingerprint density at radius 3 is 2.45 bits per heavy atom. The summed E-state index contributed by atoms with van der Waals surface area (Å²) in [6.07, 6.45) is -2.45. The van der Waals surface area contributed by atoms with Crippen molar-refractivity contribution in [1.82, 2.24) is 5.32 Å². The second kappa shape index (κ2) is 6.76. The van der Waals surface area contributed by atoms with Gasteiger partial charge in [-0.1, -0.05) is 0 Å². The highest BCUT2D eigenvalue weighted by Gasteiger charge is 2.37. The maximum Gasteiger partial charge on any atom is 0.414 e. The van der Waals surface area contributed by atoms with Gasteiger partial charge in [0, 0.05) is 12.6 Å².